The second-order valence-electron chi connectivity index (χ2n) is 5.88. The number of aliphatic hydroxyl groups excluding tert-OH is 1. The molecule has 1 aromatic carbocycles. The molecule has 8 nitrogen and oxygen atoms in total. The highest BCUT2D eigenvalue weighted by molar-refractivity contribution is 5.94. The fraction of sp³-hybridized carbons (Fsp3) is 0.158. The van der Waals surface area contributed by atoms with Crippen LogP contribution in [-0.4, -0.2) is 32.6 Å². The Morgan fingerprint density at radius 2 is 2.15 bits per heavy atom. The van der Waals surface area contributed by atoms with Gasteiger partial charge in [-0.1, -0.05) is 30.3 Å². The number of aliphatic hydroxyl groups is 1. The molecular formula is C19H18N6O2. The van der Waals surface area contributed by atoms with Crippen LogP contribution in [-0.2, 0) is 0 Å². The van der Waals surface area contributed by atoms with E-state index in [1.807, 2.05) is 37.3 Å². The highest BCUT2D eigenvalue weighted by Crippen LogP contribution is 2.23. The largest absolute Gasteiger partial charge is 0.394 e. The van der Waals surface area contributed by atoms with Crippen molar-refractivity contribution in [2.45, 2.75) is 13.0 Å². The minimum absolute atomic E-state index is 0.190. The highest BCUT2D eigenvalue weighted by atomic mass is 16.3. The number of aromatic amines is 1. The number of carbonyl (C=O) groups excluding carboxylic acids is 1. The van der Waals surface area contributed by atoms with Gasteiger partial charge in [-0.3, -0.25) is 10.1 Å². The van der Waals surface area contributed by atoms with E-state index in [0.717, 1.165) is 11.1 Å². The second-order valence-corrected chi connectivity index (χ2v) is 5.88. The summed E-state index contributed by atoms with van der Waals surface area (Å²) >= 11 is 0. The number of carbonyl (C=O) groups is 1. The monoisotopic (exact) mass is 362 g/mol. The first-order valence-corrected chi connectivity index (χ1v) is 8.26. The van der Waals surface area contributed by atoms with E-state index in [-0.39, 0.29) is 18.5 Å². The van der Waals surface area contributed by atoms with Crippen molar-refractivity contribution in [3.63, 3.8) is 0 Å². The lowest BCUT2D eigenvalue weighted by atomic mass is 10.1. The zero-order chi connectivity index (χ0) is 19.2. The molecule has 0 saturated carbocycles. The number of aryl methyl sites for hydroxylation is 1. The quantitative estimate of drug-likeness (QED) is 0.393. The summed E-state index contributed by atoms with van der Waals surface area (Å²) in [6.45, 7) is 1.63. The maximum atomic E-state index is 12.5. The van der Waals surface area contributed by atoms with Crippen LogP contribution in [0.3, 0.4) is 0 Å². The molecule has 2 aromatic heterocycles. The molecule has 2 heterocycles. The Morgan fingerprint density at radius 3 is 2.85 bits per heavy atom. The van der Waals surface area contributed by atoms with Gasteiger partial charge in [0.1, 0.15) is 5.69 Å². The normalized spacial score (nSPS) is 11.4. The van der Waals surface area contributed by atoms with E-state index < -0.39 is 6.04 Å². The van der Waals surface area contributed by atoms with Crippen molar-refractivity contribution in [3.05, 3.63) is 65.6 Å². The van der Waals surface area contributed by atoms with Crippen molar-refractivity contribution < 1.29 is 9.90 Å². The highest BCUT2D eigenvalue weighted by Gasteiger charge is 2.17. The Balaban J connectivity index is 1.80. The fourth-order valence-corrected chi connectivity index (χ4v) is 2.66. The maximum Gasteiger partial charge on any atom is 0.268 e. The predicted molar refractivity (Wildman–Crippen MR) is 99.5 cm³/mol. The molecule has 3 rings (SSSR count). The summed E-state index contributed by atoms with van der Waals surface area (Å²) in [6.07, 6.45) is 5.05. The van der Waals surface area contributed by atoms with Crippen molar-refractivity contribution >= 4 is 11.9 Å². The molecule has 0 aliphatic heterocycles. The van der Waals surface area contributed by atoms with Crippen LogP contribution in [0.25, 0.3) is 11.3 Å². The van der Waals surface area contributed by atoms with E-state index in [1.54, 1.807) is 24.7 Å². The predicted octanol–water partition coefficient (Wildman–Crippen LogP) is 2.14. The van der Waals surface area contributed by atoms with Gasteiger partial charge in [-0.05, 0) is 24.1 Å². The molecule has 0 aliphatic rings. The van der Waals surface area contributed by atoms with Gasteiger partial charge in [-0.2, -0.15) is 5.26 Å². The zero-order valence-electron chi connectivity index (χ0n) is 14.6. The number of hydrogen-bond donors (Lipinski definition) is 4. The van der Waals surface area contributed by atoms with Gasteiger partial charge in [0.2, 0.25) is 5.95 Å². The van der Waals surface area contributed by atoms with Gasteiger partial charge in [-0.25, -0.2) is 9.97 Å². The smallest absolute Gasteiger partial charge is 0.268 e. The van der Waals surface area contributed by atoms with Crippen LogP contribution < -0.4 is 10.6 Å². The summed E-state index contributed by atoms with van der Waals surface area (Å²) in [4.78, 5) is 23.8. The van der Waals surface area contributed by atoms with Crippen LogP contribution in [0.4, 0.5) is 5.95 Å². The molecule has 8 heteroatoms. The van der Waals surface area contributed by atoms with E-state index in [4.69, 9.17) is 5.26 Å². The Hall–Kier alpha value is -3.70. The number of anilines is 1. The first-order valence-electron chi connectivity index (χ1n) is 8.26. The first kappa shape index (κ1) is 18.1. The Kier molecular flexibility index (Phi) is 5.44. The zero-order valence-corrected chi connectivity index (χ0v) is 14.6. The van der Waals surface area contributed by atoms with Crippen LogP contribution in [0.1, 0.15) is 27.7 Å². The number of nitrogens with zero attached hydrogens (tertiary/aromatic N) is 3. The van der Waals surface area contributed by atoms with Gasteiger partial charge in [0, 0.05) is 18.0 Å². The lowest BCUT2D eigenvalue weighted by Crippen LogP contribution is -2.30. The Morgan fingerprint density at radius 1 is 1.37 bits per heavy atom. The average molecular weight is 362 g/mol. The molecule has 3 aromatic rings. The van der Waals surface area contributed by atoms with Crippen LogP contribution >= 0.6 is 0 Å². The van der Waals surface area contributed by atoms with Crippen molar-refractivity contribution in [1.82, 2.24) is 20.3 Å². The maximum absolute atomic E-state index is 12.5. The molecule has 1 amide bonds. The number of benzene rings is 1. The molecular weight excluding hydrogens is 344 g/mol. The summed E-state index contributed by atoms with van der Waals surface area (Å²) in [5.41, 5.74) is 3.27. The van der Waals surface area contributed by atoms with Crippen molar-refractivity contribution in [3.8, 4) is 17.5 Å². The lowest BCUT2D eigenvalue weighted by Gasteiger charge is -2.16. The third-order valence-corrected chi connectivity index (χ3v) is 4.03. The van der Waals surface area contributed by atoms with Gasteiger partial charge in [0.05, 0.1) is 18.3 Å². The molecule has 1 atom stereocenters. The van der Waals surface area contributed by atoms with Crippen LogP contribution in [0.5, 0.6) is 0 Å². The minimum Gasteiger partial charge on any atom is -0.394 e. The van der Waals surface area contributed by atoms with Crippen LogP contribution in [0, 0.1) is 18.4 Å². The van der Waals surface area contributed by atoms with Gasteiger partial charge >= 0.3 is 0 Å². The topological polar surface area (TPSA) is 127 Å². The molecule has 0 saturated heterocycles. The summed E-state index contributed by atoms with van der Waals surface area (Å²) in [5.74, 6) is -0.152. The molecule has 0 radical (unpaired) electrons. The number of rotatable bonds is 6. The first-order chi connectivity index (χ1) is 13.1. The van der Waals surface area contributed by atoms with Gasteiger partial charge in [0.25, 0.3) is 5.91 Å². The van der Waals surface area contributed by atoms with Crippen LogP contribution in [0.2, 0.25) is 0 Å². The molecule has 0 unspecified atom stereocenters. The van der Waals surface area contributed by atoms with Gasteiger partial charge < -0.3 is 15.4 Å². The summed E-state index contributed by atoms with van der Waals surface area (Å²) in [7, 11) is 0. The number of nitriles is 1. The molecule has 27 heavy (non-hydrogen) atoms. The number of nitrogens with one attached hydrogen (secondary N) is 3. The summed E-state index contributed by atoms with van der Waals surface area (Å²) < 4.78 is 0. The van der Waals surface area contributed by atoms with Crippen molar-refractivity contribution in [1.29, 1.82) is 5.26 Å². The van der Waals surface area contributed by atoms with E-state index >= 15 is 0 Å². The Bertz CT molecular complexity index is 977. The number of hydrogen-bond acceptors (Lipinski definition) is 6. The standard InChI is InChI=1S/C19H18N6O2/c1-12-8-22-19(23-11-20)25-17(12)14-7-15(21-9-14)18(27)24-16(10-26)13-5-3-2-4-6-13/h2-9,16,21,26H,10H2,1H3,(H,24,27)(H,22,23,25)/t16-/m1/s1. The minimum atomic E-state index is -0.502. The second kappa shape index (κ2) is 8.12. The van der Waals surface area contributed by atoms with E-state index in [0.29, 0.717) is 17.0 Å². The average Bonchev–Trinajstić information content (AvgIpc) is 3.18. The molecule has 0 aliphatic carbocycles. The van der Waals surface area contributed by atoms with E-state index in [1.165, 1.54) is 0 Å². The third-order valence-electron chi connectivity index (χ3n) is 4.03. The SMILES string of the molecule is Cc1cnc(NC#N)nc1-c1c[nH]c(C(=O)N[C@H](CO)c2ccccc2)c1. The lowest BCUT2D eigenvalue weighted by molar-refractivity contribution is 0.0912. The number of amides is 1. The number of H-pyrrole nitrogens is 1. The van der Waals surface area contributed by atoms with Gasteiger partial charge in [-0.15, -0.1) is 0 Å². The summed E-state index contributed by atoms with van der Waals surface area (Å²) in [6, 6.07) is 10.4. The molecule has 0 fully saturated rings. The molecule has 0 spiro atoms. The molecule has 4 N–H and O–H groups in total. The van der Waals surface area contributed by atoms with Crippen LogP contribution in [0.15, 0.2) is 48.8 Å². The molecule has 136 valence electrons. The fourth-order valence-electron chi connectivity index (χ4n) is 2.66. The third kappa shape index (κ3) is 4.11. The van der Waals surface area contributed by atoms with E-state index in [2.05, 4.69) is 25.6 Å². The van der Waals surface area contributed by atoms with E-state index in [9.17, 15) is 9.90 Å². The molecule has 0 bridgehead atoms. The number of aromatic nitrogens is 3. The Labute approximate surface area is 155 Å². The van der Waals surface area contributed by atoms with Gasteiger partial charge in [0.15, 0.2) is 6.19 Å². The summed E-state index contributed by atoms with van der Waals surface area (Å²) in [5, 5.41) is 23.5. The van der Waals surface area contributed by atoms with Crippen molar-refractivity contribution in [2.75, 3.05) is 11.9 Å². The van der Waals surface area contributed by atoms with Crippen molar-refractivity contribution in [2.24, 2.45) is 0 Å².